The molecule has 0 saturated heterocycles. The van der Waals surface area contributed by atoms with Crippen molar-refractivity contribution < 1.29 is 0 Å². The summed E-state index contributed by atoms with van der Waals surface area (Å²) in [5.41, 5.74) is 3.55. The molecule has 2 aromatic rings. The smallest absolute Gasteiger partial charge is 0.173 e. The van der Waals surface area contributed by atoms with Crippen molar-refractivity contribution in [3.8, 4) is 0 Å². The summed E-state index contributed by atoms with van der Waals surface area (Å²) in [5, 5.41) is 4.16. The second kappa shape index (κ2) is 9.49. The maximum absolute atomic E-state index is 5.75. The first kappa shape index (κ1) is 19.3. The number of hydrogen-bond acceptors (Lipinski definition) is 3. The van der Waals surface area contributed by atoms with E-state index in [9.17, 15) is 0 Å². The highest BCUT2D eigenvalue weighted by molar-refractivity contribution is 7.80. The highest BCUT2D eigenvalue weighted by atomic mass is 32.1. The Labute approximate surface area is 156 Å². The van der Waals surface area contributed by atoms with Crippen LogP contribution in [0.25, 0.3) is 0 Å². The third kappa shape index (κ3) is 5.80. The van der Waals surface area contributed by atoms with Crippen molar-refractivity contribution in [2.24, 2.45) is 0 Å². The zero-order chi connectivity index (χ0) is 18.2. The number of pyridine rings is 1. The van der Waals surface area contributed by atoms with E-state index in [0.29, 0.717) is 0 Å². The zero-order valence-corrected chi connectivity index (χ0v) is 16.4. The van der Waals surface area contributed by atoms with Gasteiger partial charge in [0.1, 0.15) is 0 Å². The van der Waals surface area contributed by atoms with E-state index in [4.69, 9.17) is 12.2 Å². The minimum Gasteiger partial charge on any atom is -0.341 e. The molecule has 5 heteroatoms. The topological polar surface area (TPSA) is 31.4 Å². The van der Waals surface area contributed by atoms with Crippen LogP contribution in [0.1, 0.15) is 31.0 Å². The Morgan fingerprint density at radius 1 is 1.16 bits per heavy atom. The highest BCUT2D eigenvalue weighted by Crippen LogP contribution is 2.21. The number of hydrogen-bond donors (Lipinski definition) is 1. The SMILES string of the molecule is CCc1cccc(NC(=S)N(CCN(C)C)[C@@H](C)c2ccncc2)c1. The maximum Gasteiger partial charge on any atom is 0.173 e. The van der Waals surface area contributed by atoms with Crippen LogP contribution in [0.2, 0.25) is 0 Å². The average Bonchev–Trinajstić information content (AvgIpc) is 2.62. The van der Waals surface area contributed by atoms with E-state index in [2.05, 4.69) is 72.3 Å². The molecule has 25 heavy (non-hydrogen) atoms. The number of nitrogens with zero attached hydrogens (tertiary/aromatic N) is 3. The van der Waals surface area contributed by atoms with Gasteiger partial charge in [-0.15, -0.1) is 0 Å². The summed E-state index contributed by atoms with van der Waals surface area (Å²) in [5.74, 6) is 0. The van der Waals surface area contributed by atoms with E-state index in [-0.39, 0.29) is 6.04 Å². The monoisotopic (exact) mass is 356 g/mol. The van der Waals surface area contributed by atoms with Crippen molar-refractivity contribution in [1.82, 2.24) is 14.8 Å². The fourth-order valence-corrected chi connectivity index (χ4v) is 3.03. The molecule has 134 valence electrons. The van der Waals surface area contributed by atoms with Crippen molar-refractivity contribution in [3.05, 3.63) is 59.9 Å². The van der Waals surface area contributed by atoms with Gasteiger partial charge in [0, 0.05) is 31.2 Å². The average molecular weight is 357 g/mol. The molecule has 0 aliphatic rings. The van der Waals surface area contributed by atoms with Gasteiger partial charge >= 0.3 is 0 Å². The van der Waals surface area contributed by atoms with E-state index in [1.54, 1.807) is 0 Å². The van der Waals surface area contributed by atoms with Gasteiger partial charge in [-0.3, -0.25) is 4.98 Å². The first-order chi connectivity index (χ1) is 12.0. The van der Waals surface area contributed by atoms with Gasteiger partial charge in [-0.2, -0.15) is 0 Å². The summed E-state index contributed by atoms with van der Waals surface area (Å²) in [4.78, 5) is 8.53. The Balaban J connectivity index is 2.17. The van der Waals surface area contributed by atoms with Crippen molar-refractivity contribution in [3.63, 3.8) is 0 Å². The van der Waals surface area contributed by atoms with Crippen LogP contribution < -0.4 is 5.32 Å². The van der Waals surface area contributed by atoms with E-state index >= 15 is 0 Å². The van der Waals surface area contributed by atoms with Crippen molar-refractivity contribution in [1.29, 1.82) is 0 Å². The van der Waals surface area contributed by atoms with Gasteiger partial charge in [-0.25, -0.2) is 0 Å². The number of thiocarbonyl (C=S) groups is 1. The standard InChI is InChI=1S/C20H28N4S/c1-5-17-7-6-8-19(15-17)22-20(25)24(14-13-23(3)4)16(2)18-9-11-21-12-10-18/h6-12,15-16H,5,13-14H2,1-4H3,(H,22,25)/t16-/m0/s1. The first-order valence-corrected chi connectivity index (χ1v) is 9.13. The number of aromatic nitrogens is 1. The Hall–Kier alpha value is -1.98. The molecular formula is C20H28N4S. The van der Waals surface area contributed by atoms with Gasteiger partial charge < -0.3 is 15.1 Å². The zero-order valence-electron chi connectivity index (χ0n) is 15.6. The maximum atomic E-state index is 5.75. The second-order valence-electron chi connectivity index (χ2n) is 6.44. The van der Waals surface area contributed by atoms with Crippen LogP contribution in [0.15, 0.2) is 48.8 Å². The quantitative estimate of drug-likeness (QED) is 0.759. The molecule has 0 unspecified atom stereocenters. The van der Waals surface area contributed by atoms with Crippen molar-refractivity contribution >= 4 is 23.0 Å². The summed E-state index contributed by atoms with van der Waals surface area (Å²) >= 11 is 5.75. The molecule has 0 radical (unpaired) electrons. The summed E-state index contributed by atoms with van der Waals surface area (Å²) in [7, 11) is 4.16. The number of anilines is 1. The number of aryl methyl sites for hydroxylation is 1. The molecule has 4 nitrogen and oxygen atoms in total. The molecule has 0 spiro atoms. The second-order valence-corrected chi connectivity index (χ2v) is 6.82. The van der Waals surface area contributed by atoms with Crippen molar-refractivity contribution in [2.45, 2.75) is 26.3 Å². The number of likely N-dealkylation sites (N-methyl/N-ethyl adjacent to an activating group) is 1. The van der Waals surface area contributed by atoms with E-state index in [1.807, 2.05) is 24.5 Å². The lowest BCUT2D eigenvalue weighted by atomic mass is 10.1. The molecule has 1 heterocycles. The minimum absolute atomic E-state index is 0.178. The first-order valence-electron chi connectivity index (χ1n) is 8.72. The Kier molecular flexibility index (Phi) is 7.34. The number of rotatable bonds is 7. The van der Waals surface area contributed by atoms with E-state index in [1.165, 1.54) is 11.1 Å². The minimum atomic E-state index is 0.178. The molecule has 0 aliphatic heterocycles. The molecule has 1 aromatic heterocycles. The lowest BCUT2D eigenvalue weighted by Gasteiger charge is -2.33. The van der Waals surface area contributed by atoms with E-state index in [0.717, 1.165) is 30.3 Å². The van der Waals surface area contributed by atoms with Crippen LogP contribution in [-0.4, -0.2) is 47.1 Å². The number of benzene rings is 1. The molecule has 0 amide bonds. The predicted molar refractivity (Wildman–Crippen MR) is 110 cm³/mol. The summed E-state index contributed by atoms with van der Waals surface area (Å²) in [6, 6.07) is 12.7. The van der Waals surface area contributed by atoms with Crippen LogP contribution in [0.3, 0.4) is 0 Å². The molecule has 0 fully saturated rings. The number of nitrogens with one attached hydrogen (secondary N) is 1. The molecule has 1 N–H and O–H groups in total. The van der Waals surface area contributed by atoms with Gasteiger partial charge in [-0.05, 0) is 75.1 Å². The molecule has 0 bridgehead atoms. The van der Waals surface area contributed by atoms with Crippen LogP contribution in [0.4, 0.5) is 5.69 Å². The summed E-state index contributed by atoms with van der Waals surface area (Å²) in [6.45, 7) is 6.13. The summed E-state index contributed by atoms with van der Waals surface area (Å²) < 4.78 is 0. The van der Waals surface area contributed by atoms with Gasteiger partial charge in [0.05, 0.1) is 6.04 Å². The molecule has 1 atom stereocenters. The van der Waals surface area contributed by atoms with Crippen LogP contribution in [0, 0.1) is 0 Å². The lowest BCUT2D eigenvalue weighted by Crippen LogP contribution is -2.40. The van der Waals surface area contributed by atoms with Crippen LogP contribution >= 0.6 is 12.2 Å². The third-order valence-electron chi connectivity index (χ3n) is 4.29. The Bertz CT molecular complexity index is 672. The summed E-state index contributed by atoms with van der Waals surface area (Å²) in [6.07, 6.45) is 4.67. The van der Waals surface area contributed by atoms with Crippen LogP contribution in [-0.2, 0) is 6.42 Å². The molecular weight excluding hydrogens is 328 g/mol. The van der Waals surface area contributed by atoms with Crippen molar-refractivity contribution in [2.75, 3.05) is 32.5 Å². The molecule has 0 saturated carbocycles. The third-order valence-corrected chi connectivity index (χ3v) is 4.63. The molecule has 1 aromatic carbocycles. The van der Waals surface area contributed by atoms with Gasteiger partial charge in [-0.1, -0.05) is 19.1 Å². The lowest BCUT2D eigenvalue weighted by molar-refractivity contribution is 0.289. The highest BCUT2D eigenvalue weighted by Gasteiger charge is 2.19. The fraction of sp³-hybridized carbons (Fsp3) is 0.400. The normalized spacial score (nSPS) is 12.0. The van der Waals surface area contributed by atoms with Gasteiger partial charge in [0.25, 0.3) is 0 Å². The van der Waals surface area contributed by atoms with Gasteiger partial charge in [0.15, 0.2) is 5.11 Å². The largest absolute Gasteiger partial charge is 0.341 e. The Morgan fingerprint density at radius 2 is 1.88 bits per heavy atom. The molecule has 0 aliphatic carbocycles. The Morgan fingerprint density at radius 3 is 2.52 bits per heavy atom. The van der Waals surface area contributed by atoms with Crippen LogP contribution in [0.5, 0.6) is 0 Å². The molecule has 2 rings (SSSR count). The van der Waals surface area contributed by atoms with E-state index < -0.39 is 0 Å². The fourth-order valence-electron chi connectivity index (χ4n) is 2.66. The van der Waals surface area contributed by atoms with Gasteiger partial charge in [0.2, 0.25) is 0 Å². The predicted octanol–water partition coefficient (Wildman–Crippen LogP) is 3.97.